The molecule has 3 rings (SSSR count). The topological polar surface area (TPSA) is 70.7 Å². The molecule has 0 bridgehead atoms. The summed E-state index contributed by atoms with van der Waals surface area (Å²) in [6, 6.07) is 8.08. The third-order valence-electron chi connectivity index (χ3n) is 3.38. The van der Waals surface area contributed by atoms with Crippen LogP contribution in [0.15, 0.2) is 51.7 Å². The Hall–Kier alpha value is -2.96. The molecule has 0 fully saturated rings. The van der Waals surface area contributed by atoms with Gasteiger partial charge in [0.25, 0.3) is 0 Å². The van der Waals surface area contributed by atoms with Gasteiger partial charge in [-0.2, -0.15) is 13.2 Å². The second kappa shape index (κ2) is 5.05. The lowest BCUT2D eigenvalue weighted by atomic mass is 10.0. The van der Waals surface area contributed by atoms with E-state index >= 15 is 0 Å². The molecular formula is C16H9F3O4. The molecular weight excluding hydrogens is 313 g/mol. The maximum Gasteiger partial charge on any atom is 0.416 e. The van der Waals surface area contributed by atoms with Crippen LogP contribution < -0.4 is 5.63 Å². The van der Waals surface area contributed by atoms with Crippen molar-refractivity contribution in [1.82, 2.24) is 0 Å². The first kappa shape index (κ1) is 15.0. The van der Waals surface area contributed by atoms with Crippen molar-refractivity contribution in [2.45, 2.75) is 6.18 Å². The highest BCUT2D eigenvalue weighted by Crippen LogP contribution is 2.35. The van der Waals surface area contributed by atoms with Crippen LogP contribution >= 0.6 is 0 Å². The predicted molar refractivity (Wildman–Crippen MR) is 76.3 cm³/mol. The van der Waals surface area contributed by atoms with Crippen LogP contribution in [-0.2, 0) is 6.18 Å². The number of alkyl halides is 3. The van der Waals surface area contributed by atoms with Gasteiger partial charge in [0.05, 0.1) is 11.1 Å². The van der Waals surface area contributed by atoms with Gasteiger partial charge in [-0.1, -0.05) is 12.1 Å². The second-order valence-corrected chi connectivity index (χ2v) is 4.87. The number of rotatable bonds is 1. The zero-order valence-electron chi connectivity index (χ0n) is 11.4. The van der Waals surface area contributed by atoms with Gasteiger partial charge in [-0.05, 0) is 35.9 Å². The zero-order valence-corrected chi connectivity index (χ0v) is 11.4. The van der Waals surface area contributed by atoms with Crippen LogP contribution in [-0.4, -0.2) is 10.2 Å². The lowest BCUT2D eigenvalue weighted by molar-refractivity contribution is -0.137. The number of phenolic OH excluding ortho intramolecular Hbond substituents is 2. The van der Waals surface area contributed by atoms with E-state index in [1.54, 1.807) is 0 Å². The average Bonchev–Trinajstić information content (AvgIpc) is 2.50. The van der Waals surface area contributed by atoms with E-state index in [-0.39, 0.29) is 16.7 Å². The number of aromatic hydroxyl groups is 2. The van der Waals surface area contributed by atoms with Crippen molar-refractivity contribution >= 4 is 11.0 Å². The number of benzene rings is 2. The Balaban J connectivity index is 2.15. The lowest BCUT2D eigenvalue weighted by Gasteiger charge is -2.08. The molecule has 4 nitrogen and oxygen atoms in total. The minimum Gasteiger partial charge on any atom is -0.504 e. The van der Waals surface area contributed by atoms with E-state index in [1.807, 2.05) is 0 Å². The fourth-order valence-corrected chi connectivity index (χ4v) is 2.20. The van der Waals surface area contributed by atoms with Crippen molar-refractivity contribution in [2.75, 3.05) is 0 Å². The van der Waals surface area contributed by atoms with Gasteiger partial charge in [0.15, 0.2) is 11.3 Å². The third kappa shape index (κ3) is 2.61. The molecule has 3 aromatic rings. The molecule has 0 aliphatic heterocycles. The monoisotopic (exact) mass is 322 g/mol. The first-order valence-electron chi connectivity index (χ1n) is 6.44. The Morgan fingerprint density at radius 1 is 0.957 bits per heavy atom. The van der Waals surface area contributed by atoms with Crippen LogP contribution in [0.1, 0.15) is 5.56 Å². The Bertz CT molecular complexity index is 940. The van der Waals surface area contributed by atoms with E-state index in [0.717, 1.165) is 12.1 Å². The largest absolute Gasteiger partial charge is 0.504 e. The van der Waals surface area contributed by atoms with Crippen LogP contribution in [0.5, 0.6) is 11.5 Å². The summed E-state index contributed by atoms with van der Waals surface area (Å²) in [7, 11) is 0. The molecule has 0 saturated carbocycles. The summed E-state index contributed by atoms with van der Waals surface area (Å²) < 4.78 is 42.6. The van der Waals surface area contributed by atoms with Crippen molar-refractivity contribution in [3.63, 3.8) is 0 Å². The number of hydrogen-bond donors (Lipinski definition) is 2. The van der Waals surface area contributed by atoms with Crippen LogP contribution in [0.2, 0.25) is 0 Å². The van der Waals surface area contributed by atoms with E-state index in [2.05, 4.69) is 0 Å². The van der Waals surface area contributed by atoms with Crippen molar-refractivity contribution in [1.29, 1.82) is 0 Å². The maximum atomic E-state index is 12.6. The van der Waals surface area contributed by atoms with Crippen molar-refractivity contribution < 1.29 is 27.8 Å². The van der Waals surface area contributed by atoms with E-state index in [0.29, 0.717) is 5.39 Å². The molecule has 7 heteroatoms. The Labute approximate surface area is 127 Å². The van der Waals surface area contributed by atoms with Gasteiger partial charge in [-0.25, -0.2) is 4.79 Å². The summed E-state index contributed by atoms with van der Waals surface area (Å²) in [5.41, 5.74) is -1.55. The summed E-state index contributed by atoms with van der Waals surface area (Å²) in [5.74, 6) is -1.01. The van der Waals surface area contributed by atoms with E-state index in [4.69, 9.17) is 4.42 Å². The Morgan fingerprint density at radius 3 is 2.22 bits per heavy atom. The van der Waals surface area contributed by atoms with Crippen molar-refractivity contribution in [3.05, 3.63) is 58.4 Å². The minimum atomic E-state index is -4.46. The van der Waals surface area contributed by atoms with Gasteiger partial charge in [0, 0.05) is 5.39 Å². The summed E-state index contributed by atoms with van der Waals surface area (Å²) >= 11 is 0. The molecule has 0 radical (unpaired) electrons. The third-order valence-corrected chi connectivity index (χ3v) is 3.38. The fourth-order valence-electron chi connectivity index (χ4n) is 2.20. The highest BCUT2D eigenvalue weighted by molar-refractivity contribution is 5.87. The first-order valence-corrected chi connectivity index (χ1v) is 6.44. The summed E-state index contributed by atoms with van der Waals surface area (Å²) in [6.07, 6.45) is -4.46. The van der Waals surface area contributed by atoms with Crippen LogP contribution in [0.25, 0.3) is 22.1 Å². The zero-order chi connectivity index (χ0) is 16.8. The normalized spacial score (nSPS) is 11.8. The van der Waals surface area contributed by atoms with Crippen LogP contribution in [0.4, 0.5) is 13.2 Å². The molecule has 0 unspecified atom stereocenters. The molecule has 2 aromatic carbocycles. The highest BCUT2D eigenvalue weighted by Gasteiger charge is 2.30. The summed E-state index contributed by atoms with van der Waals surface area (Å²) in [6.45, 7) is 0. The molecule has 0 atom stereocenters. The molecule has 0 aliphatic carbocycles. The molecule has 0 saturated heterocycles. The van der Waals surface area contributed by atoms with Gasteiger partial charge in [-0.3, -0.25) is 0 Å². The molecule has 2 N–H and O–H groups in total. The molecule has 1 aromatic heterocycles. The standard InChI is InChI=1S/C16H9F3O4/c17-16(18,19)10-4-1-8(2-5-10)11-7-9-3-6-12(20)13(21)14(9)23-15(11)22/h1-7,20-21H. The minimum absolute atomic E-state index is 0.0521. The number of fused-ring (bicyclic) bond motifs is 1. The van der Waals surface area contributed by atoms with Gasteiger partial charge < -0.3 is 14.6 Å². The van der Waals surface area contributed by atoms with E-state index in [9.17, 15) is 28.2 Å². The highest BCUT2D eigenvalue weighted by atomic mass is 19.4. The van der Waals surface area contributed by atoms with Crippen LogP contribution in [0.3, 0.4) is 0 Å². The fraction of sp³-hybridized carbons (Fsp3) is 0.0625. The Morgan fingerprint density at radius 2 is 1.61 bits per heavy atom. The second-order valence-electron chi connectivity index (χ2n) is 4.87. The van der Waals surface area contributed by atoms with Gasteiger partial charge in [-0.15, -0.1) is 0 Å². The molecule has 0 spiro atoms. The summed E-state index contributed by atoms with van der Waals surface area (Å²) in [4.78, 5) is 12.0. The molecule has 0 aliphatic rings. The van der Waals surface area contributed by atoms with Crippen molar-refractivity contribution in [2.24, 2.45) is 0 Å². The molecule has 1 heterocycles. The SMILES string of the molecule is O=c1oc2c(O)c(O)ccc2cc1-c1ccc(C(F)(F)F)cc1. The number of hydrogen-bond acceptors (Lipinski definition) is 4. The smallest absolute Gasteiger partial charge is 0.416 e. The van der Waals surface area contributed by atoms with E-state index in [1.165, 1.54) is 30.3 Å². The maximum absolute atomic E-state index is 12.6. The first-order chi connectivity index (χ1) is 10.8. The molecule has 118 valence electrons. The van der Waals surface area contributed by atoms with Crippen LogP contribution in [0, 0.1) is 0 Å². The van der Waals surface area contributed by atoms with Gasteiger partial charge >= 0.3 is 11.8 Å². The predicted octanol–water partition coefficient (Wildman–Crippen LogP) is 3.89. The Kier molecular flexibility index (Phi) is 3.28. The summed E-state index contributed by atoms with van der Waals surface area (Å²) in [5, 5.41) is 19.4. The van der Waals surface area contributed by atoms with Crippen molar-refractivity contribution in [3.8, 4) is 22.6 Å². The molecule has 23 heavy (non-hydrogen) atoms. The average molecular weight is 322 g/mol. The van der Waals surface area contributed by atoms with Gasteiger partial charge in [0.1, 0.15) is 0 Å². The number of halogens is 3. The van der Waals surface area contributed by atoms with E-state index < -0.39 is 28.9 Å². The molecule has 0 amide bonds. The lowest BCUT2D eigenvalue weighted by Crippen LogP contribution is -2.06. The quantitative estimate of drug-likeness (QED) is 0.527. The number of phenols is 2. The van der Waals surface area contributed by atoms with Gasteiger partial charge in [0.2, 0.25) is 5.75 Å².